The van der Waals surface area contributed by atoms with E-state index in [4.69, 9.17) is 4.74 Å². The van der Waals surface area contributed by atoms with Gasteiger partial charge in [-0.2, -0.15) is 0 Å². The first kappa shape index (κ1) is 12.6. The number of hydrogen-bond acceptors (Lipinski definition) is 3. The van der Waals surface area contributed by atoms with Crippen molar-refractivity contribution >= 4 is 5.91 Å². The van der Waals surface area contributed by atoms with Crippen LogP contribution in [0.4, 0.5) is 0 Å². The predicted molar refractivity (Wildman–Crippen MR) is 70.3 cm³/mol. The van der Waals surface area contributed by atoms with E-state index in [0.717, 1.165) is 24.4 Å². The summed E-state index contributed by atoms with van der Waals surface area (Å²) in [5, 5.41) is 6.02. The number of benzene rings is 1. The minimum Gasteiger partial charge on any atom is -0.489 e. The Kier molecular flexibility index (Phi) is 4.36. The maximum absolute atomic E-state index is 11.7. The first-order valence-electron chi connectivity index (χ1n) is 6.11. The van der Waals surface area contributed by atoms with Crippen molar-refractivity contribution in [2.75, 3.05) is 19.7 Å². The van der Waals surface area contributed by atoms with Gasteiger partial charge in [-0.05, 0) is 6.07 Å². The molecule has 4 heteroatoms. The molecule has 1 aromatic rings. The third-order valence-electron chi connectivity index (χ3n) is 2.93. The van der Waals surface area contributed by atoms with Crippen molar-refractivity contribution in [2.24, 2.45) is 5.92 Å². The number of amides is 1. The van der Waals surface area contributed by atoms with Gasteiger partial charge in [-0.1, -0.05) is 30.9 Å². The van der Waals surface area contributed by atoms with Crippen LogP contribution in [-0.2, 0) is 11.3 Å². The molecule has 1 aromatic carbocycles. The normalized spacial score (nSPS) is 14.7. The number of carbonyl (C=O) groups excluding carboxylic acids is 1. The van der Waals surface area contributed by atoms with Gasteiger partial charge in [0.05, 0.1) is 5.92 Å². The van der Waals surface area contributed by atoms with Crippen LogP contribution in [0.15, 0.2) is 36.9 Å². The molecule has 0 aromatic heterocycles. The van der Waals surface area contributed by atoms with Crippen LogP contribution in [0.25, 0.3) is 0 Å². The van der Waals surface area contributed by atoms with Gasteiger partial charge in [-0.25, -0.2) is 0 Å². The van der Waals surface area contributed by atoms with Crippen LogP contribution in [0.1, 0.15) is 5.56 Å². The highest BCUT2D eigenvalue weighted by Crippen LogP contribution is 2.17. The van der Waals surface area contributed by atoms with Gasteiger partial charge in [-0.15, -0.1) is 0 Å². The predicted octanol–water partition coefficient (Wildman–Crippen LogP) is 1.09. The van der Waals surface area contributed by atoms with Crippen LogP contribution in [0, 0.1) is 5.92 Å². The minimum atomic E-state index is 0.104. The van der Waals surface area contributed by atoms with Crippen LogP contribution < -0.4 is 15.4 Å². The summed E-state index contributed by atoms with van der Waals surface area (Å²) in [5.74, 6) is 1.02. The molecule has 0 saturated carbocycles. The minimum absolute atomic E-state index is 0.104. The molecule has 96 valence electrons. The van der Waals surface area contributed by atoms with Crippen LogP contribution in [0.5, 0.6) is 5.75 Å². The smallest absolute Gasteiger partial charge is 0.225 e. The summed E-state index contributed by atoms with van der Waals surface area (Å²) in [4.78, 5) is 11.7. The Morgan fingerprint density at radius 1 is 1.50 bits per heavy atom. The monoisotopic (exact) mass is 246 g/mol. The molecule has 0 radical (unpaired) electrons. The van der Waals surface area contributed by atoms with Crippen molar-refractivity contribution in [1.82, 2.24) is 10.6 Å². The van der Waals surface area contributed by atoms with Crippen molar-refractivity contribution in [1.29, 1.82) is 0 Å². The molecular weight excluding hydrogens is 228 g/mol. The molecule has 1 aliphatic rings. The van der Waals surface area contributed by atoms with E-state index in [-0.39, 0.29) is 11.8 Å². The highest BCUT2D eigenvalue weighted by Gasteiger charge is 2.24. The van der Waals surface area contributed by atoms with Crippen LogP contribution in [-0.4, -0.2) is 25.6 Å². The molecule has 2 N–H and O–H groups in total. The summed E-state index contributed by atoms with van der Waals surface area (Å²) < 4.78 is 5.54. The maximum Gasteiger partial charge on any atom is 0.225 e. The molecule has 1 fully saturated rings. The number of rotatable bonds is 6. The Morgan fingerprint density at radius 3 is 2.94 bits per heavy atom. The zero-order valence-corrected chi connectivity index (χ0v) is 10.3. The molecule has 0 unspecified atom stereocenters. The summed E-state index contributed by atoms with van der Waals surface area (Å²) in [5.41, 5.74) is 0.986. The van der Waals surface area contributed by atoms with Crippen molar-refractivity contribution in [2.45, 2.75) is 6.54 Å². The molecule has 0 atom stereocenters. The van der Waals surface area contributed by atoms with Crippen LogP contribution in [0.2, 0.25) is 0 Å². The summed E-state index contributed by atoms with van der Waals surface area (Å²) in [6.07, 6.45) is 1.70. The van der Waals surface area contributed by atoms with Crippen molar-refractivity contribution in [3.05, 3.63) is 42.5 Å². The van der Waals surface area contributed by atoms with Gasteiger partial charge < -0.3 is 15.4 Å². The van der Waals surface area contributed by atoms with Gasteiger partial charge in [0.2, 0.25) is 5.91 Å². The molecule has 1 amide bonds. The Hall–Kier alpha value is -1.81. The molecule has 2 rings (SSSR count). The number of nitrogens with one attached hydrogen (secondary N) is 2. The first-order chi connectivity index (χ1) is 8.81. The Balaban J connectivity index is 1.90. The lowest BCUT2D eigenvalue weighted by Crippen LogP contribution is -2.50. The Bertz CT molecular complexity index is 428. The van der Waals surface area contributed by atoms with E-state index in [9.17, 15) is 4.79 Å². The zero-order valence-electron chi connectivity index (χ0n) is 10.3. The molecule has 1 saturated heterocycles. The number of hydrogen-bond donors (Lipinski definition) is 2. The van der Waals surface area contributed by atoms with E-state index in [1.807, 2.05) is 24.3 Å². The quantitative estimate of drug-likeness (QED) is 0.739. The van der Waals surface area contributed by atoms with Crippen molar-refractivity contribution < 1.29 is 9.53 Å². The number of carbonyl (C=O) groups is 1. The molecular formula is C14H18N2O2. The fraction of sp³-hybridized carbons (Fsp3) is 0.357. The highest BCUT2D eigenvalue weighted by molar-refractivity contribution is 5.80. The second kappa shape index (κ2) is 6.21. The average molecular weight is 246 g/mol. The van der Waals surface area contributed by atoms with Gasteiger partial charge in [-0.3, -0.25) is 4.79 Å². The summed E-state index contributed by atoms with van der Waals surface area (Å²) in [6.45, 7) is 6.15. The van der Waals surface area contributed by atoms with Crippen LogP contribution >= 0.6 is 0 Å². The molecule has 1 heterocycles. The van der Waals surface area contributed by atoms with Crippen LogP contribution in [0.3, 0.4) is 0 Å². The standard InChI is InChI=1S/C14H18N2O2/c1-2-7-18-13-6-4-3-5-11(13)10-16-14(17)12-8-15-9-12/h2-6,12,15H,1,7-10H2,(H,16,17). The molecule has 0 bridgehead atoms. The number of ether oxygens (including phenoxy) is 1. The number of para-hydroxylation sites is 1. The summed E-state index contributed by atoms with van der Waals surface area (Å²) >= 11 is 0. The lowest BCUT2D eigenvalue weighted by Gasteiger charge is -2.25. The van der Waals surface area contributed by atoms with Crippen molar-refractivity contribution in [3.8, 4) is 5.75 Å². The second-order valence-electron chi connectivity index (χ2n) is 4.28. The fourth-order valence-corrected chi connectivity index (χ4v) is 1.74. The first-order valence-corrected chi connectivity index (χ1v) is 6.11. The molecule has 1 aliphatic heterocycles. The zero-order chi connectivity index (χ0) is 12.8. The Morgan fingerprint density at radius 2 is 2.28 bits per heavy atom. The molecule has 18 heavy (non-hydrogen) atoms. The fourth-order valence-electron chi connectivity index (χ4n) is 1.74. The average Bonchev–Trinajstić information content (AvgIpc) is 2.32. The largest absolute Gasteiger partial charge is 0.489 e. The van der Waals surface area contributed by atoms with Gasteiger partial charge in [0.25, 0.3) is 0 Å². The molecule has 0 spiro atoms. The third kappa shape index (κ3) is 3.11. The van der Waals surface area contributed by atoms with Gasteiger partial charge in [0.1, 0.15) is 12.4 Å². The van der Waals surface area contributed by atoms with E-state index in [0.29, 0.717) is 13.2 Å². The Labute approximate surface area is 107 Å². The van der Waals surface area contributed by atoms with E-state index >= 15 is 0 Å². The maximum atomic E-state index is 11.7. The van der Waals surface area contributed by atoms with Gasteiger partial charge >= 0.3 is 0 Å². The summed E-state index contributed by atoms with van der Waals surface area (Å²) in [6, 6.07) is 7.71. The second-order valence-corrected chi connectivity index (χ2v) is 4.28. The third-order valence-corrected chi connectivity index (χ3v) is 2.93. The highest BCUT2D eigenvalue weighted by atomic mass is 16.5. The van der Waals surface area contributed by atoms with E-state index in [1.165, 1.54) is 0 Å². The SMILES string of the molecule is C=CCOc1ccccc1CNC(=O)C1CNC1. The van der Waals surface area contributed by atoms with Crippen molar-refractivity contribution in [3.63, 3.8) is 0 Å². The van der Waals surface area contributed by atoms with E-state index in [2.05, 4.69) is 17.2 Å². The van der Waals surface area contributed by atoms with E-state index in [1.54, 1.807) is 6.08 Å². The lowest BCUT2D eigenvalue weighted by molar-refractivity contribution is -0.126. The lowest BCUT2D eigenvalue weighted by atomic mass is 10.0. The van der Waals surface area contributed by atoms with Gasteiger partial charge in [0.15, 0.2) is 0 Å². The van der Waals surface area contributed by atoms with Gasteiger partial charge in [0, 0.05) is 25.2 Å². The topological polar surface area (TPSA) is 50.4 Å². The molecule has 0 aliphatic carbocycles. The molecule has 4 nitrogen and oxygen atoms in total. The summed E-state index contributed by atoms with van der Waals surface area (Å²) in [7, 11) is 0. The van der Waals surface area contributed by atoms with E-state index < -0.39 is 0 Å².